The largest absolute Gasteiger partial charge is 0.418 e. The molecule has 10 nitrogen and oxygen atoms in total. The fraction of sp³-hybridized carbons (Fsp3) is 0.385. The lowest BCUT2D eigenvalue weighted by Crippen LogP contribution is -2.50. The van der Waals surface area contributed by atoms with Crippen LogP contribution in [0.5, 0.6) is 0 Å². The Hall–Kier alpha value is -4.15. The average Bonchev–Trinajstić information content (AvgIpc) is 3.51. The van der Waals surface area contributed by atoms with Crippen LogP contribution in [0.15, 0.2) is 47.0 Å². The van der Waals surface area contributed by atoms with Crippen molar-refractivity contribution in [3.63, 3.8) is 0 Å². The van der Waals surface area contributed by atoms with E-state index in [1.54, 1.807) is 36.2 Å². The number of amides is 3. The molecule has 2 fully saturated rings. The number of nitrogens with zero attached hydrogens (tertiary/aromatic N) is 5. The van der Waals surface area contributed by atoms with E-state index in [9.17, 15) is 14.0 Å². The average molecular weight is 508 g/mol. The number of benzene rings is 1. The summed E-state index contributed by atoms with van der Waals surface area (Å²) in [6.45, 7) is 7.81. The number of hydrogen-bond acceptors (Lipinski definition) is 7. The van der Waals surface area contributed by atoms with Gasteiger partial charge in [0.1, 0.15) is 11.6 Å². The van der Waals surface area contributed by atoms with E-state index < -0.39 is 5.82 Å². The van der Waals surface area contributed by atoms with Crippen LogP contribution in [0.2, 0.25) is 0 Å². The number of aromatic nitrogens is 2. The molecule has 2 aliphatic rings. The lowest BCUT2D eigenvalue weighted by Gasteiger charge is -2.35. The monoisotopic (exact) mass is 507 g/mol. The van der Waals surface area contributed by atoms with Gasteiger partial charge in [-0.3, -0.25) is 4.79 Å². The lowest BCUT2D eigenvalue weighted by atomic mass is 10.2. The Labute approximate surface area is 214 Å². The predicted octanol–water partition coefficient (Wildman–Crippen LogP) is 3.97. The van der Waals surface area contributed by atoms with E-state index in [0.29, 0.717) is 49.5 Å². The number of carbonyl (C=O) groups is 2. The molecule has 37 heavy (non-hydrogen) atoms. The number of rotatable bonds is 5. The standard InChI is InChI=1S/C26H30FN7O3/c1-17-9-10-34(16-17)26-29-18(2)23(37-26)24(35)30-19-7-8-22(28-15-19)32-11-13-33(14-12-32)25(36)31-21-6-4-3-5-20(21)27/h3-8,15,17H,9-14,16H2,1-2H3,(H,30,35)(H,31,36). The third-order valence-electron chi connectivity index (χ3n) is 6.70. The maximum Gasteiger partial charge on any atom is 0.322 e. The molecule has 0 saturated carbocycles. The van der Waals surface area contributed by atoms with Crippen molar-refractivity contribution in [3.05, 3.63) is 59.9 Å². The summed E-state index contributed by atoms with van der Waals surface area (Å²) in [7, 11) is 0. The molecule has 0 radical (unpaired) electrons. The Balaban J connectivity index is 1.14. The number of aryl methyl sites for hydroxylation is 1. The van der Waals surface area contributed by atoms with E-state index in [-0.39, 0.29) is 23.4 Å². The van der Waals surface area contributed by atoms with Gasteiger partial charge < -0.3 is 29.8 Å². The van der Waals surface area contributed by atoms with E-state index in [1.807, 2.05) is 6.07 Å². The summed E-state index contributed by atoms with van der Waals surface area (Å²) < 4.78 is 19.6. The van der Waals surface area contributed by atoms with Crippen molar-refractivity contribution in [2.45, 2.75) is 20.3 Å². The summed E-state index contributed by atoms with van der Waals surface area (Å²) in [5.41, 5.74) is 1.26. The van der Waals surface area contributed by atoms with Crippen molar-refractivity contribution >= 4 is 35.1 Å². The number of carbonyl (C=O) groups excluding carboxylic acids is 2. The molecule has 11 heteroatoms. The number of urea groups is 1. The number of anilines is 4. The van der Waals surface area contributed by atoms with Crippen LogP contribution in [0.1, 0.15) is 29.6 Å². The van der Waals surface area contributed by atoms with Crippen molar-refractivity contribution in [1.82, 2.24) is 14.9 Å². The molecule has 0 aliphatic carbocycles. The van der Waals surface area contributed by atoms with Crippen molar-refractivity contribution in [1.29, 1.82) is 0 Å². The molecule has 1 atom stereocenters. The second-order valence-corrected chi connectivity index (χ2v) is 9.49. The summed E-state index contributed by atoms with van der Waals surface area (Å²) in [6, 6.07) is 9.86. The number of nitrogens with one attached hydrogen (secondary N) is 2. The molecule has 1 unspecified atom stereocenters. The molecule has 194 valence electrons. The van der Waals surface area contributed by atoms with Gasteiger partial charge >= 0.3 is 6.03 Å². The topological polar surface area (TPSA) is 107 Å². The third-order valence-corrected chi connectivity index (χ3v) is 6.70. The third kappa shape index (κ3) is 5.50. The molecule has 0 spiro atoms. The molecule has 0 bridgehead atoms. The summed E-state index contributed by atoms with van der Waals surface area (Å²) in [5, 5.41) is 5.45. The first-order valence-electron chi connectivity index (χ1n) is 12.4. The molecule has 3 amide bonds. The molecule has 4 heterocycles. The number of oxazole rings is 1. The van der Waals surface area contributed by atoms with Crippen molar-refractivity contribution < 1.29 is 18.4 Å². The summed E-state index contributed by atoms with van der Waals surface area (Å²) >= 11 is 0. The SMILES string of the molecule is Cc1nc(N2CCC(C)C2)oc1C(=O)Nc1ccc(N2CCN(C(=O)Nc3ccccc3F)CC2)nc1. The normalized spacial score (nSPS) is 17.7. The zero-order valence-electron chi connectivity index (χ0n) is 20.9. The summed E-state index contributed by atoms with van der Waals surface area (Å²) in [5.74, 6) is 0.684. The molecule has 5 rings (SSSR count). The van der Waals surface area contributed by atoms with Gasteiger partial charge in [-0.15, -0.1) is 0 Å². The highest BCUT2D eigenvalue weighted by atomic mass is 19.1. The Kier molecular flexibility index (Phi) is 6.93. The molecule has 2 aliphatic heterocycles. The van der Waals surface area contributed by atoms with Gasteiger partial charge in [-0.2, -0.15) is 4.98 Å². The van der Waals surface area contributed by atoms with Crippen LogP contribution >= 0.6 is 0 Å². The van der Waals surface area contributed by atoms with Crippen molar-refractivity contribution in [3.8, 4) is 0 Å². The summed E-state index contributed by atoms with van der Waals surface area (Å²) in [4.78, 5) is 40.0. The maximum absolute atomic E-state index is 13.8. The van der Waals surface area contributed by atoms with Crippen molar-refractivity contribution in [2.75, 3.05) is 59.7 Å². The predicted molar refractivity (Wildman–Crippen MR) is 139 cm³/mol. The van der Waals surface area contributed by atoms with Crippen LogP contribution in [0.3, 0.4) is 0 Å². The number of pyridine rings is 1. The minimum absolute atomic E-state index is 0.164. The van der Waals surface area contributed by atoms with Gasteiger partial charge in [-0.05, 0) is 43.5 Å². The Bertz CT molecular complexity index is 1270. The fourth-order valence-electron chi connectivity index (χ4n) is 4.57. The Morgan fingerprint density at radius 2 is 1.81 bits per heavy atom. The molecule has 2 aromatic heterocycles. The van der Waals surface area contributed by atoms with Crippen LogP contribution in [0, 0.1) is 18.7 Å². The minimum atomic E-state index is -0.467. The Morgan fingerprint density at radius 1 is 1.03 bits per heavy atom. The molecule has 2 saturated heterocycles. The molecule has 1 aromatic carbocycles. The molecule has 3 aromatic rings. The number of halogens is 1. The van der Waals surface area contributed by atoms with Gasteiger partial charge in [-0.25, -0.2) is 14.2 Å². The first kappa shape index (κ1) is 24.5. The van der Waals surface area contributed by atoms with Gasteiger partial charge in [0, 0.05) is 39.3 Å². The second-order valence-electron chi connectivity index (χ2n) is 9.49. The smallest absolute Gasteiger partial charge is 0.322 e. The highest BCUT2D eigenvalue weighted by Crippen LogP contribution is 2.26. The minimum Gasteiger partial charge on any atom is -0.418 e. The first-order valence-corrected chi connectivity index (χ1v) is 12.4. The zero-order chi connectivity index (χ0) is 25.9. The maximum atomic E-state index is 13.8. The fourth-order valence-corrected chi connectivity index (χ4v) is 4.57. The highest BCUT2D eigenvalue weighted by molar-refractivity contribution is 6.03. The number of hydrogen-bond donors (Lipinski definition) is 2. The van der Waals surface area contributed by atoms with E-state index in [4.69, 9.17) is 4.42 Å². The van der Waals surface area contributed by atoms with Crippen LogP contribution in [0.25, 0.3) is 0 Å². The van der Waals surface area contributed by atoms with Crippen LogP contribution in [0.4, 0.5) is 32.4 Å². The van der Waals surface area contributed by atoms with Gasteiger partial charge in [0.05, 0.1) is 23.3 Å². The van der Waals surface area contributed by atoms with Gasteiger partial charge in [0.15, 0.2) is 0 Å². The van der Waals surface area contributed by atoms with Crippen LogP contribution in [-0.2, 0) is 0 Å². The summed E-state index contributed by atoms with van der Waals surface area (Å²) in [6.07, 6.45) is 2.68. The molecular formula is C26H30FN7O3. The number of piperazine rings is 1. The van der Waals surface area contributed by atoms with E-state index >= 15 is 0 Å². The molecular weight excluding hydrogens is 477 g/mol. The zero-order valence-corrected chi connectivity index (χ0v) is 20.9. The van der Waals surface area contributed by atoms with Crippen molar-refractivity contribution in [2.24, 2.45) is 5.92 Å². The van der Waals surface area contributed by atoms with Gasteiger partial charge in [0.25, 0.3) is 11.9 Å². The van der Waals surface area contributed by atoms with E-state index in [2.05, 4.69) is 37.3 Å². The Morgan fingerprint density at radius 3 is 2.49 bits per heavy atom. The van der Waals surface area contributed by atoms with E-state index in [1.165, 1.54) is 12.1 Å². The van der Waals surface area contributed by atoms with Gasteiger partial charge in [0.2, 0.25) is 5.76 Å². The quantitative estimate of drug-likeness (QED) is 0.538. The lowest BCUT2D eigenvalue weighted by molar-refractivity contribution is 0.0996. The first-order chi connectivity index (χ1) is 17.9. The van der Waals surface area contributed by atoms with Gasteiger partial charge in [-0.1, -0.05) is 19.1 Å². The van der Waals surface area contributed by atoms with Crippen LogP contribution in [-0.4, -0.2) is 66.1 Å². The molecule has 2 N–H and O–H groups in total. The van der Waals surface area contributed by atoms with Crippen LogP contribution < -0.4 is 20.4 Å². The highest BCUT2D eigenvalue weighted by Gasteiger charge is 2.26. The number of para-hydroxylation sites is 1. The second kappa shape index (κ2) is 10.5. The van der Waals surface area contributed by atoms with E-state index in [0.717, 1.165) is 25.3 Å².